The smallest absolute Gasteiger partial charge is 0.326 e. The number of fused-ring (bicyclic) bond motifs is 1. The standard InChI is InChI=1S/C15H12ClFN2O4S3/c1-2-23-13(20)8-19-10-4-3-9(17)7-11(10)24-15(19)18-26(21,22)14-6-5-12(16)25-14/h3-7H,2,8H2,1H3. The highest BCUT2D eigenvalue weighted by Gasteiger charge is 2.18. The number of carbonyl (C=O) groups excluding carboxylic acids is 1. The van der Waals surface area contributed by atoms with Crippen molar-refractivity contribution in [3.8, 4) is 0 Å². The van der Waals surface area contributed by atoms with Crippen molar-refractivity contribution in [3.63, 3.8) is 0 Å². The number of rotatable bonds is 5. The van der Waals surface area contributed by atoms with E-state index in [1.807, 2.05) is 0 Å². The molecule has 11 heteroatoms. The van der Waals surface area contributed by atoms with Crippen molar-refractivity contribution in [2.75, 3.05) is 6.61 Å². The Morgan fingerprint density at radius 3 is 2.73 bits per heavy atom. The van der Waals surface area contributed by atoms with Crippen LogP contribution < -0.4 is 4.80 Å². The van der Waals surface area contributed by atoms with Crippen molar-refractivity contribution in [2.45, 2.75) is 17.7 Å². The van der Waals surface area contributed by atoms with Gasteiger partial charge in [-0.2, -0.15) is 8.42 Å². The van der Waals surface area contributed by atoms with Gasteiger partial charge in [0.1, 0.15) is 16.6 Å². The first-order chi connectivity index (χ1) is 12.3. The highest BCUT2D eigenvalue weighted by atomic mass is 35.5. The van der Waals surface area contributed by atoms with Crippen LogP contribution in [-0.4, -0.2) is 25.6 Å². The number of sulfonamides is 1. The molecular weight excluding hydrogens is 423 g/mol. The molecule has 0 amide bonds. The molecule has 26 heavy (non-hydrogen) atoms. The molecule has 0 spiro atoms. The first-order valence-corrected chi connectivity index (χ1v) is 10.8. The Kier molecular flexibility index (Phi) is 5.47. The number of halogens is 2. The minimum absolute atomic E-state index is 0.0196. The molecule has 2 heterocycles. The van der Waals surface area contributed by atoms with Crippen LogP contribution in [0.4, 0.5) is 4.39 Å². The first kappa shape index (κ1) is 19.0. The van der Waals surface area contributed by atoms with Gasteiger partial charge in [0.25, 0.3) is 10.0 Å². The van der Waals surface area contributed by atoms with Gasteiger partial charge in [0.2, 0.25) is 4.80 Å². The minimum Gasteiger partial charge on any atom is -0.465 e. The van der Waals surface area contributed by atoms with E-state index in [9.17, 15) is 17.6 Å². The number of ether oxygens (including phenoxy) is 1. The fourth-order valence-electron chi connectivity index (χ4n) is 2.19. The number of esters is 1. The zero-order valence-electron chi connectivity index (χ0n) is 13.3. The summed E-state index contributed by atoms with van der Waals surface area (Å²) in [5.74, 6) is -1.02. The van der Waals surface area contributed by atoms with Crippen molar-refractivity contribution in [3.05, 3.63) is 45.3 Å². The number of thiazole rings is 1. The third-order valence-electron chi connectivity index (χ3n) is 3.24. The van der Waals surface area contributed by atoms with Crippen LogP contribution in [0.3, 0.4) is 0 Å². The van der Waals surface area contributed by atoms with Gasteiger partial charge in [-0.25, -0.2) is 4.39 Å². The molecule has 0 saturated heterocycles. The van der Waals surface area contributed by atoms with Crippen molar-refractivity contribution in [2.24, 2.45) is 4.40 Å². The van der Waals surface area contributed by atoms with E-state index in [-0.39, 0.29) is 22.2 Å². The predicted molar refractivity (Wildman–Crippen MR) is 98.5 cm³/mol. The highest BCUT2D eigenvalue weighted by Crippen LogP contribution is 2.27. The minimum atomic E-state index is -4.02. The molecule has 0 radical (unpaired) electrons. The monoisotopic (exact) mass is 434 g/mol. The van der Waals surface area contributed by atoms with E-state index in [0.29, 0.717) is 14.6 Å². The Bertz CT molecular complexity index is 1150. The fourth-order valence-corrected chi connectivity index (χ4v) is 5.91. The normalized spacial score (nSPS) is 12.7. The average molecular weight is 435 g/mol. The summed E-state index contributed by atoms with van der Waals surface area (Å²) in [6.45, 7) is 1.62. The lowest BCUT2D eigenvalue weighted by Gasteiger charge is -2.05. The molecule has 6 nitrogen and oxygen atoms in total. The van der Waals surface area contributed by atoms with Crippen LogP contribution in [0.15, 0.2) is 38.9 Å². The van der Waals surface area contributed by atoms with Gasteiger partial charge in [0.05, 0.1) is 21.2 Å². The van der Waals surface area contributed by atoms with E-state index in [1.165, 1.54) is 34.9 Å². The maximum atomic E-state index is 13.5. The highest BCUT2D eigenvalue weighted by molar-refractivity contribution is 7.92. The van der Waals surface area contributed by atoms with E-state index < -0.39 is 21.8 Å². The van der Waals surface area contributed by atoms with Gasteiger partial charge < -0.3 is 9.30 Å². The van der Waals surface area contributed by atoms with Gasteiger partial charge in [0.15, 0.2) is 0 Å². The van der Waals surface area contributed by atoms with E-state index in [4.69, 9.17) is 16.3 Å². The van der Waals surface area contributed by atoms with Crippen LogP contribution in [0.5, 0.6) is 0 Å². The quantitative estimate of drug-likeness (QED) is 0.576. The zero-order chi connectivity index (χ0) is 18.9. The number of aromatic nitrogens is 1. The number of benzene rings is 1. The van der Waals surface area contributed by atoms with Crippen LogP contribution in [0.25, 0.3) is 10.2 Å². The fraction of sp³-hybridized carbons (Fsp3) is 0.200. The summed E-state index contributed by atoms with van der Waals surface area (Å²) in [6.07, 6.45) is 0. The molecule has 0 aliphatic carbocycles. The lowest BCUT2D eigenvalue weighted by atomic mass is 10.3. The third kappa shape index (κ3) is 3.98. The Balaban J connectivity index is 2.19. The lowest BCUT2D eigenvalue weighted by Crippen LogP contribution is -2.23. The van der Waals surface area contributed by atoms with E-state index >= 15 is 0 Å². The summed E-state index contributed by atoms with van der Waals surface area (Å²) in [5, 5.41) is 0. The molecule has 0 N–H and O–H groups in total. The summed E-state index contributed by atoms with van der Waals surface area (Å²) in [7, 11) is -4.02. The Morgan fingerprint density at radius 1 is 1.31 bits per heavy atom. The van der Waals surface area contributed by atoms with Crippen molar-refractivity contribution in [1.82, 2.24) is 4.57 Å². The molecule has 0 aliphatic rings. The molecule has 3 rings (SSSR count). The van der Waals surface area contributed by atoms with Crippen LogP contribution in [-0.2, 0) is 26.1 Å². The SMILES string of the molecule is CCOC(=O)Cn1c(=NS(=O)(=O)c2ccc(Cl)s2)sc2cc(F)ccc21. The van der Waals surface area contributed by atoms with Gasteiger partial charge in [-0.1, -0.05) is 22.9 Å². The molecule has 138 valence electrons. The molecule has 0 atom stereocenters. The molecule has 0 fully saturated rings. The topological polar surface area (TPSA) is 77.7 Å². The van der Waals surface area contributed by atoms with Crippen molar-refractivity contribution < 1.29 is 22.3 Å². The van der Waals surface area contributed by atoms with E-state index in [2.05, 4.69) is 4.40 Å². The van der Waals surface area contributed by atoms with Gasteiger partial charge >= 0.3 is 5.97 Å². The molecule has 0 aliphatic heterocycles. The van der Waals surface area contributed by atoms with Gasteiger partial charge in [-0.05, 0) is 37.3 Å². The number of hydrogen-bond acceptors (Lipinski definition) is 6. The summed E-state index contributed by atoms with van der Waals surface area (Å²) in [6, 6.07) is 6.77. The second kappa shape index (κ2) is 7.47. The largest absolute Gasteiger partial charge is 0.465 e. The molecule has 1 aromatic carbocycles. The van der Waals surface area contributed by atoms with Crippen LogP contribution in [0.2, 0.25) is 4.34 Å². The zero-order valence-corrected chi connectivity index (χ0v) is 16.5. The predicted octanol–water partition coefficient (Wildman–Crippen LogP) is 3.41. The lowest BCUT2D eigenvalue weighted by molar-refractivity contribution is -0.143. The molecule has 0 bridgehead atoms. The van der Waals surface area contributed by atoms with Gasteiger partial charge in [-0.15, -0.1) is 15.7 Å². The first-order valence-electron chi connectivity index (χ1n) is 7.31. The number of thiophene rings is 1. The second-order valence-corrected chi connectivity index (χ2v) is 9.57. The summed E-state index contributed by atoms with van der Waals surface area (Å²) in [5.41, 5.74) is 0.489. The van der Waals surface area contributed by atoms with E-state index in [1.54, 1.807) is 6.92 Å². The molecule has 2 aromatic heterocycles. The van der Waals surface area contributed by atoms with Crippen molar-refractivity contribution >= 4 is 60.5 Å². The van der Waals surface area contributed by atoms with Crippen LogP contribution in [0.1, 0.15) is 6.92 Å². The van der Waals surface area contributed by atoms with Crippen molar-refractivity contribution in [1.29, 1.82) is 0 Å². The molecule has 3 aromatic rings. The summed E-state index contributed by atoms with van der Waals surface area (Å²) in [4.78, 5) is 11.9. The number of nitrogens with zero attached hydrogens (tertiary/aromatic N) is 2. The van der Waals surface area contributed by atoms with E-state index in [0.717, 1.165) is 22.7 Å². The third-order valence-corrected chi connectivity index (χ3v) is 7.36. The molecule has 0 saturated carbocycles. The molecule has 0 unspecified atom stereocenters. The second-order valence-electron chi connectivity index (χ2n) is 5.01. The number of hydrogen-bond donors (Lipinski definition) is 0. The Morgan fingerprint density at radius 2 is 2.08 bits per heavy atom. The summed E-state index contributed by atoms with van der Waals surface area (Å²) >= 11 is 7.64. The van der Waals surface area contributed by atoms with Crippen LogP contribution >= 0.6 is 34.3 Å². The number of carbonyl (C=O) groups is 1. The maximum absolute atomic E-state index is 13.5. The van der Waals surface area contributed by atoms with Gasteiger partial charge in [0, 0.05) is 0 Å². The average Bonchev–Trinajstić information content (AvgIpc) is 3.12. The van der Waals surface area contributed by atoms with Gasteiger partial charge in [-0.3, -0.25) is 4.79 Å². The Labute approximate surface area is 161 Å². The summed E-state index contributed by atoms with van der Waals surface area (Å²) < 4.78 is 49.4. The Hall–Kier alpha value is -1.75. The van der Waals surface area contributed by atoms with Crippen LogP contribution in [0, 0.1) is 5.82 Å². The molecular formula is C15H12ClFN2O4S3. The maximum Gasteiger partial charge on any atom is 0.326 e.